The highest BCUT2D eigenvalue weighted by atomic mass is 19.4. The van der Waals surface area contributed by atoms with E-state index in [9.17, 15) is 22.7 Å². The van der Waals surface area contributed by atoms with Crippen LogP contribution in [0.1, 0.15) is 18.0 Å². The summed E-state index contributed by atoms with van der Waals surface area (Å²) in [6.07, 6.45) is -4.58. The Balaban J connectivity index is 2.27. The third kappa shape index (κ3) is 4.56. The van der Waals surface area contributed by atoms with Crippen molar-refractivity contribution in [3.8, 4) is 5.75 Å². The molecule has 1 aromatic rings. The maximum atomic E-state index is 14.1. The molecular weight excluding hydrogens is 304 g/mol. The molecule has 2 rings (SSSR count). The Hall–Kier alpha value is -1.38. The SMILES string of the molecule is OCC[C@H](c1cc(OC(F)(F)F)ccc1F)N1CCNCC1. The van der Waals surface area contributed by atoms with Gasteiger partial charge in [0.15, 0.2) is 0 Å². The number of ether oxygens (including phenoxy) is 1. The number of halogens is 4. The molecule has 0 spiro atoms. The molecule has 1 aliphatic heterocycles. The van der Waals surface area contributed by atoms with Gasteiger partial charge < -0.3 is 15.2 Å². The van der Waals surface area contributed by atoms with Crippen molar-refractivity contribution < 1.29 is 27.4 Å². The molecule has 0 unspecified atom stereocenters. The van der Waals surface area contributed by atoms with Crippen LogP contribution < -0.4 is 10.1 Å². The van der Waals surface area contributed by atoms with E-state index in [1.54, 1.807) is 0 Å². The number of hydrogen-bond acceptors (Lipinski definition) is 4. The molecule has 2 N–H and O–H groups in total. The predicted molar refractivity (Wildman–Crippen MR) is 72.0 cm³/mol. The van der Waals surface area contributed by atoms with E-state index in [0.717, 1.165) is 18.2 Å². The van der Waals surface area contributed by atoms with E-state index in [1.807, 2.05) is 4.90 Å². The summed E-state index contributed by atoms with van der Waals surface area (Å²) >= 11 is 0. The van der Waals surface area contributed by atoms with E-state index in [2.05, 4.69) is 10.1 Å². The molecule has 0 radical (unpaired) electrons. The van der Waals surface area contributed by atoms with Crippen molar-refractivity contribution >= 4 is 0 Å². The fraction of sp³-hybridized carbons (Fsp3) is 0.571. The first-order valence-corrected chi connectivity index (χ1v) is 7.01. The van der Waals surface area contributed by atoms with Gasteiger partial charge in [-0.25, -0.2) is 4.39 Å². The summed E-state index contributed by atoms with van der Waals surface area (Å²) in [5.41, 5.74) is 0.109. The van der Waals surface area contributed by atoms with Crippen LogP contribution in [0.4, 0.5) is 17.6 Å². The summed E-state index contributed by atoms with van der Waals surface area (Å²) in [6.45, 7) is 2.51. The molecule has 4 nitrogen and oxygen atoms in total. The van der Waals surface area contributed by atoms with Crippen LogP contribution in [0, 0.1) is 5.82 Å². The minimum absolute atomic E-state index is 0.109. The number of hydrogen-bond donors (Lipinski definition) is 2. The zero-order chi connectivity index (χ0) is 16.2. The maximum Gasteiger partial charge on any atom is 0.573 e. The normalized spacial score (nSPS) is 18.2. The lowest BCUT2D eigenvalue weighted by Gasteiger charge is -2.35. The van der Waals surface area contributed by atoms with Crippen molar-refractivity contribution in [1.29, 1.82) is 0 Å². The monoisotopic (exact) mass is 322 g/mol. The standard InChI is InChI=1S/C14H18F4N2O2/c15-12-2-1-10(22-14(16,17)18)9-11(12)13(3-8-21)20-6-4-19-5-7-20/h1-2,9,13,19,21H,3-8H2/t13-/m1/s1. The maximum absolute atomic E-state index is 14.1. The van der Waals surface area contributed by atoms with Crippen LogP contribution in [0.5, 0.6) is 5.75 Å². The predicted octanol–water partition coefficient (Wildman–Crippen LogP) is 2.05. The van der Waals surface area contributed by atoms with Crippen LogP contribution >= 0.6 is 0 Å². The molecule has 1 atom stereocenters. The van der Waals surface area contributed by atoms with E-state index in [0.29, 0.717) is 26.2 Å². The van der Waals surface area contributed by atoms with Gasteiger partial charge in [0.05, 0.1) is 0 Å². The van der Waals surface area contributed by atoms with Gasteiger partial charge in [0.1, 0.15) is 11.6 Å². The van der Waals surface area contributed by atoms with Gasteiger partial charge in [-0.1, -0.05) is 0 Å². The van der Waals surface area contributed by atoms with Crippen molar-refractivity contribution in [3.63, 3.8) is 0 Å². The van der Waals surface area contributed by atoms with Crippen LogP contribution in [-0.4, -0.2) is 49.2 Å². The van der Waals surface area contributed by atoms with Gasteiger partial charge >= 0.3 is 6.36 Å². The molecule has 1 fully saturated rings. The van der Waals surface area contributed by atoms with Gasteiger partial charge in [-0.2, -0.15) is 0 Å². The van der Waals surface area contributed by atoms with Crippen LogP contribution in [0.25, 0.3) is 0 Å². The summed E-state index contributed by atoms with van der Waals surface area (Å²) in [7, 11) is 0. The third-order valence-corrected chi connectivity index (χ3v) is 3.55. The Morgan fingerprint density at radius 1 is 1.27 bits per heavy atom. The molecule has 22 heavy (non-hydrogen) atoms. The fourth-order valence-corrected chi connectivity index (χ4v) is 2.63. The molecule has 8 heteroatoms. The van der Waals surface area contributed by atoms with Gasteiger partial charge in [-0.15, -0.1) is 13.2 Å². The van der Waals surface area contributed by atoms with Crippen molar-refractivity contribution in [2.45, 2.75) is 18.8 Å². The molecule has 0 bridgehead atoms. The highest BCUT2D eigenvalue weighted by Gasteiger charge is 2.32. The molecule has 1 aliphatic rings. The first-order chi connectivity index (χ1) is 10.4. The van der Waals surface area contributed by atoms with E-state index >= 15 is 0 Å². The summed E-state index contributed by atoms with van der Waals surface area (Å²) in [4.78, 5) is 1.95. The number of nitrogens with one attached hydrogen (secondary N) is 1. The smallest absolute Gasteiger partial charge is 0.406 e. The number of benzene rings is 1. The lowest BCUT2D eigenvalue weighted by atomic mass is 10.0. The lowest BCUT2D eigenvalue weighted by Crippen LogP contribution is -2.45. The van der Waals surface area contributed by atoms with Crippen molar-refractivity contribution in [2.75, 3.05) is 32.8 Å². The number of aliphatic hydroxyl groups excluding tert-OH is 1. The topological polar surface area (TPSA) is 44.7 Å². The minimum atomic E-state index is -4.82. The Morgan fingerprint density at radius 3 is 2.55 bits per heavy atom. The molecule has 0 saturated carbocycles. The van der Waals surface area contributed by atoms with Crippen LogP contribution in [-0.2, 0) is 0 Å². The molecule has 124 valence electrons. The number of aliphatic hydroxyl groups is 1. The molecule has 1 aromatic carbocycles. The van der Waals surface area contributed by atoms with Crippen LogP contribution in [0.3, 0.4) is 0 Å². The third-order valence-electron chi connectivity index (χ3n) is 3.55. The second-order valence-corrected chi connectivity index (χ2v) is 5.05. The summed E-state index contributed by atoms with van der Waals surface area (Å²) in [5.74, 6) is -1.06. The van der Waals surface area contributed by atoms with E-state index < -0.39 is 24.0 Å². The summed E-state index contributed by atoms with van der Waals surface area (Å²) in [5, 5.41) is 12.3. The second kappa shape index (κ2) is 7.26. The lowest BCUT2D eigenvalue weighted by molar-refractivity contribution is -0.274. The van der Waals surface area contributed by atoms with Gasteiger partial charge in [0.2, 0.25) is 0 Å². The Kier molecular flexibility index (Phi) is 5.60. The molecule has 0 aliphatic carbocycles. The number of nitrogens with zero attached hydrogens (tertiary/aromatic N) is 1. The van der Waals surface area contributed by atoms with Crippen molar-refractivity contribution in [2.24, 2.45) is 0 Å². The Labute approximate surface area is 125 Å². The number of alkyl halides is 3. The Bertz CT molecular complexity index is 490. The summed E-state index contributed by atoms with van der Waals surface area (Å²) < 4.78 is 54.8. The summed E-state index contributed by atoms with van der Waals surface area (Å²) in [6, 6.07) is 2.48. The van der Waals surface area contributed by atoms with Crippen LogP contribution in [0.2, 0.25) is 0 Å². The van der Waals surface area contributed by atoms with E-state index in [-0.39, 0.29) is 18.6 Å². The zero-order valence-electron chi connectivity index (χ0n) is 11.9. The second-order valence-electron chi connectivity index (χ2n) is 5.05. The van der Waals surface area contributed by atoms with Gasteiger partial charge in [0.25, 0.3) is 0 Å². The minimum Gasteiger partial charge on any atom is -0.406 e. The fourth-order valence-electron chi connectivity index (χ4n) is 2.63. The van der Waals surface area contributed by atoms with Crippen molar-refractivity contribution in [3.05, 3.63) is 29.6 Å². The van der Waals surface area contributed by atoms with Gasteiger partial charge in [-0.05, 0) is 24.6 Å². The first-order valence-electron chi connectivity index (χ1n) is 7.01. The van der Waals surface area contributed by atoms with E-state index in [4.69, 9.17) is 0 Å². The number of piperazine rings is 1. The van der Waals surface area contributed by atoms with Gasteiger partial charge in [-0.3, -0.25) is 4.90 Å². The highest BCUT2D eigenvalue weighted by Crippen LogP contribution is 2.31. The molecular formula is C14H18F4N2O2. The van der Waals surface area contributed by atoms with Crippen molar-refractivity contribution in [1.82, 2.24) is 10.2 Å². The molecule has 0 aromatic heterocycles. The van der Waals surface area contributed by atoms with E-state index in [1.165, 1.54) is 0 Å². The zero-order valence-corrected chi connectivity index (χ0v) is 11.9. The highest BCUT2D eigenvalue weighted by molar-refractivity contribution is 5.32. The first kappa shape index (κ1) is 17.0. The van der Waals surface area contributed by atoms with Gasteiger partial charge in [0, 0.05) is 44.4 Å². The molecule has 1 heterocycles. The average Bonchev–Trinajstić information content (AvgIpc) is 2.46. The largest absolute Gasteiger partial charge is 0.573 e. The van der Waals surface area contributed by atoms with Crippen LogP contribution in [0.15, 0.2) is 18.2 Å². The molecule has 0 amide bonds. The number of rotatable bonds is 5. The Morgan fingerprint density at radius 2 is 1.95 bits per heavy atom. The molecule has 1 saturated heterocycles. The average molecular weight is 322 g/mol. The quantitative estimate of drug-likeness (QED) is 0.815.